The number of carbonyl (C=O) groups excluding carboxylic acids is 2. The van der Waals surface area contributed by atoms with Crippen molar-refractivity contribution in [3.8, 4) is 0 Å². The molecule has 0 atom stereocenters. The molecule has 0 bridgehead atoms. The third-order valence-corrected chi connectivity index (χ3v) is 3.77. The number of rotatable bonds is 6. The molecule has 20 heavy (non-hydrogen) atoms. The van der Waals surface area contributed by atoms with E-state index in [1.54, 1.807) is 18.2 Å². The highest BCUT2D eigenvalue weighted by Crippen LogP contribution is 2.32. The van der Waals surface area contributed by atoms with E-state index in [2.05, 4.69) is 10.6 Å². The molecule has 3 amide bonds. The normalized spacial score (nSPS) is 10.1. The Hall–Kier alpha value is -1.44. The van der Waals surface area contributed by atoms with Crippen LogP contribution in [0.25, 0.3) is 0 Å². The molecular weight excluding hydrogens is 302 g/mol. The Labute approximate surface area is 126 Å². The molecule has 6 nitrogen and oxygen atoms in total. The fourth-order valence-corrected chi connectivity index (χ4v) is 2.42. The van der Waals surface area contributed by atoms with E-state index in [0.29, 0.717) is 28.8 Å². The van der Waals surface area contributed by atoms with Crippen LogP contribution in [0.15, 0.2) is 23.1 Å². The minimum absolute atomic E-state index is 0.0473. The quantitative estimate of drug-likeness (QED) is 0.420. The highest BCUT2D eigenvalue weighted by molar-refractivity contribution is 8.00. The van der Waals surface area contributed by atoms with Gasteiger partial charge in [-0.05, 0) is 12.1 Å². The number of anilines is 1. The zero-order valence-corrected chi connectivity index (χ0v) is 12.5. The Morgan fingerprint density at radius 2 is 2.20 bits per heavy atom. The van der Waals surface area contributed by atoms with Crippen LogP contribution in [0.4, 0.5) is 10.5 Å². The highest BCUT2D eigenvalue weighted by atomic mass is 35.5. The lowest BCUT2D eigenvalue weighted by atomic mass is 10.3. The Morgan fingerprint density at radius 1 is 1.45 bits per heavy atom. The molecule has 0 aliphatic rings. The van der Waals surface area contributed by atoms with Gasteiger partial charge in [-0.25, -0.2) is 4.79 Å². The van der Waals surface area contributed by atoms with Gasteiger partial charge in [-0.3, -0.25) is 10.1 Å². The van der Waals surface area contributed by atoms with Gasteiger partial charge in [-0.1, -0.05) is 17.7 Å². The van der Waals surface area contributed by atoms with Crippen LogP contribution in [0.2, 0.25) is 5.02 Å². The molecule has 0 spiro atoms. The maximum Gasteiger partial charge on any atom is 0.321 e. The summed E-state index contributed by atoms with van der Waals surface area (Å²) in [6.45, 7) is 0.715. The molecule has 0 aliphatic carbocycles. The SMILES string of the molecule is COCCNC(=O)NC(=O)CSc1c(N)cccc1Cl. The van der Waals surface area contributed by atoms with Crippen molar-refractivity contribution in [2.24, 2.45) is 0 Å². The van der Waals surface area contributed by atoms with Crippen LogP contribution in [0.5, 0.6) is 0 Å². The average Bonchev–Trinajstić information content (AvgIpc) is 2.38. The minimum atomic E-state index is -0.556. The molecule has 1 rings (SSSR count). The molecule has 0 saturated carbocycles. The molecular formula is C12H16ClN3O3S. The largest absolute Gasteiger partial charge is 0.398 e. The Kier molecular flexibility index (Phi) is 7.21. The zero-order valence-electron chi connectivity index (χ0n) is 10.9. The lowest BCUT2D eigenvalue weighted by molar-refractivity contribution is -0.117. The second kappa shape index (κ2) is 8.68. The fourth-order valence-electron chi connectivity index (χ4n) is 1.29. The van der Waals surface area contributed by atoms with Crippen molar-refractivity contribution in [1.29, 1.82) is 0 Å². The molecule has 0 aliphatic heterocycles. The lowest BCUT2D eigenvalue weighted by Gasteiger charge is -2.08. The number of methoxy groups -OCH3 is 1. The molecule has 1 aromatic carbocycles. The summed E-state index contributed by atoms with van der Waals surface area (Å²) < 4.78 is 4.77. The minimum Gasteiger partial charge on any atom is -0.398 e. The molecule has 0 aromatic heterocycles. The number of nitrogens with one attached hydrogen (secondary N) is 2. The van der Waals surface area contributed by atoms with E-state index in [-0.39, 0.29) is 5.75 Å². The molecule has 0 fully saturated rings. The van der Waals surface area contributed by atoms with Crippen molar-refractivity contribution in [3.05, 3.63) is 23.2 Å². The standard InChI is InChI=1S/C12H16ClN3O3S/c1-19-6-5-15-12(18)16-10(17)7-20-11-8(13)3-2-4-9(11)14/h2-4H,5-7,14H2,1H3,(H2,15,16,17,18). The monoisotopic (exact) mass is 317 g/mol. The van der Waals surface area contributed by atoms with Crippen molar-refractivity contribution in [2.45, 2.75) is 4.90 Å². The number of amides is 3. The predicted molar refractivity (Wildman–Crippen MR) is 80.0 cm³/mol. The van der Waals surface area contributed by atoms with Gasteiger partial charge in [0.2, 0.25) is 5.91 Å². The number of nitrogen functional groups attached to an aromatic ring is 1. The maximum absolute atomic E-state index is 11.6. The highest BCUT2D eigenvalue weighted by Gasteiger charge is 2.11. The van der Waals surface area contributed by atoms with Crippen LogP contribution in [0.3, 0.4) is 0 Å². The van der Waals surface area contributed by atoms with E-state index in [9.17, 15) is 9.59 Å². The van der Waals surface area contributed by atoms with Crippen molar-refractivity contribution in [1.82, 2.24) is 10.6 Å². The molecule has 0 saturated heterocycles. The van der Waals surface area contributed by atoms with E-state index in [1.807, 2.05) is 0 Å². The number of urea groups is 1. The molecule has 1 aromatic rings. The lowest BCUT2D eigenvalue weighted by Crippen LogP contribution is -2.41. The smallest absolute Gasteiger partial charge is 0.321 e. The van der Waals surface area contributed by atoms with E-state index < -0.39 is 11.9 Å². The fraction of sp³-hybridized carbons (Fsp3) is 0.333. The third-order valence-electron chi connectivity index (χ3n) is 2.19. The summed E-state index contributed by atoms with van der Waals surface area (Å²) in [5, 5.41) is 5.16. The Bertz CT molecular complexity index is 465. The van der Waals surface area contributed by atoms with Gasteiger partial charge in [0.1, 0.15) is 0 Å². The number of halogens is 1. The van der Waals surface area contributed by atoms with Crippen LogP contribution in [0.1, 0.15) is 0 Å². The van der Waals surface area contributed by atoms with Crippen LogP contribution >= 0.6 is 23.4 Å². The summed E-state index contributed by atoms with van der Waals surface area (Å²) >= 11 is 7.16. The summed E-state index contributed by atoms with van der Waals surface area (Å²) in [6.07, 6.45) is 0. The second-order valence-corrected chi connectivity index (χ2v) is 5.14. The summed E-state index contributed by atoms with van der Waals surface area (Å²) in [4.78, 5) is 23.5. The van der Waals surface area contributed by atoms with E-state index >= 15 is 0 Å². The second-order valence-electron chi connectivity index (χ2n) is 3.74. The first kappa shape index (κ1) is 16.6. The summed E-state index contributed by atoms with van der Waals surface area (Å²) in [6, 6.07) is 4.56. The first-order valence-electron chi connectivity index (χ1n) is 5.78. The number of carbonyl (C=O) groups is 2. The van der Waals surface area contributed by atoms with E-state index in [0.717, 1.165) is 0 Å². The topological polar surface area (TPSA) is 93.5 Å². The molecule has 0 heterocycles. The van der Waals surface area contributed by atoms with Gasteiger partial charge in [0, 0.05) is 24.2 Å². The maximum atomic E-state index is 11.6. The van der Waals surface area contributed by atoms with Crippen LogP contribution in [-0.2, 0) is 9.53 Å². The van der Waals surface area contributed by atoms with Crippen LogP contribution < -0.4 is 16.4 Å². The van der Waals surface area contributed by atoms with Gasteiger partial charge in [0.05, 0.1) is 17.4 Å². The molecule has 8 heteroatoms. The molecule has 0 unspecified atom stereocenters. The predicted octanol–water partition coefficient (Wildman–Crippen LogP) is 1.49. The van der Waals surface area contributed by atoms with Gasteiger partial charge in [0.25, 0.3) is 0 Å². The van der Waals surface area contributed by atoms with Crippen molar-refractivity contribution in [3.63, 3.8) is 0 Å². The van der Waals surface area contributed by atoms with Gasteiger partial charge in [0.15, 0.2) is 0 Å². The van der Waals surface area contributed by atoms with Crippen LogP contribution in [0, 0.1) is 0 Å². The first-order chi connectivity index (χ1) is 9.54. The molecule has 0 radical (unpaired) electrons. The number of ether oxygens (including phenoxy) is 1. The number of thioether (sulfide) groups is 1. The number of nitrogens with two attached hydrogens (primary N) is 1. The summed E-state index contributed by atoms with van der Waals surface area (Å²) in [7, 11) is 1.52. The van der Waals surface area contributed by atoms with Gasteiger partial charge in [-0.15, -0.1) is 11.8 Å². The van der Waals surface area contributed by atoms with Gasteiger partial charge in [-0.2, -0.15) is 0 Å². The van der Waals surface area contributed by atoms with Crippen molar-refractivity contribution >= 4 is 41.0 Å². The average molecular weight is 318 g/mol. The summed E-state index contributed by atoms with van der Waals surface area (Å²) in [5.41, 5.74) is 6.26. The summed E-state index contributed by atoms with van der Waals surface area (Å²) in [5.74, 6) is -0.379. The number of hydrogen-bond donors (Lipinski definition) is 3. The van der Waals surface area contributed by atoms with Crippen molar-refractivity contribution in [2.75, 3.05) is 31.7 Å². The zero-order chi connectivity index (χ0) is 15.0. The molecule has 4 N–H and O–H groups in total. The number of imide groups is 1. The first-order valence-corrected chi connectivity index (χ1v) is 7.14. The third kappa shape index (κ3) is 5.68. The van der Waals surface area contributed by atoms with Gasteiger partial charge >= 0.3 is 6.03 Å². The van der Waals surface area contributed by atoms with Gasteiger partial charge < -0.3 is 15.8 Å². The van der Waals surface area contributed by atoms with Crippen LogP contribution in [-0.4, -0.2) is 38.0 Å². The molecule has 110 valence electrons. The van der Waals surface area contributed by atoms with Crippen molar-refractivity contribution < 1.29 is 14.3 Å². The Balaban J connectivity index is 2.38. The number of hydrogen-bond acceptors (Lipinski definition) is 5. The Morgan fingerprint density at radius 3 is 2.85 bits per heavy atom. The van der Waals surface area contributed by atoms with E-state index in [4.69, 9.17) is 22.1 Å². The van der Waals surface area contributed by atoms with E-state index in [1.165, 1.54) is 18.9 Å². The number of benzene rings is 1.